The van der Waals surface area contributed by atoms with E-state index in [1.54, 1.807) is 0 Å². The number of hydrogen-bond acceptors (Lipinski definition) is 5. The van der Waals surface area contributed by atoms with Crippen LogP contribution in [0.2, 0.25) is 0 Å². The number of piperidine rings is 1. The van der Waals surface area contributed by atoms with Crippen LogP contribution in [0.5, 0.6) is 0 Å². The van der Waals surface area contributed by atoms with E-state index in [1.807, 2.05) is 0 Å². The molecule has 3 aliphatic rings. The van der Waals surface area contributed by atoms with E-state index < -0.39 is 0 Å². The first-order valence-corrected chi connectivity index (χ1v) is 7.90. The van der Waals surface area contributed by atoms with E-state index in [2.05, 4.69) is 26.3 Å². The van der Waals surface area contributed by atoms with Gasteiger partial charge in [-0.05, 0) is 50.5 Å². The molecule has 20 heavy (non-hydrogen) atoms. The summed E-state index contributed by atoms with van der Waals surface area (Å²) in [5, 5.41) is 3.64. The third kappa shape index (κ3) is 2.46. The Bertz CT molecular complexity index is 485. The Labute approximate surface area is 120 Å². The lowest BCUT2D eigenvalue weighted by molar-refractivity contribution is 0.340. The van der Waals surface area contributed by atoms with Crippen molar-refractivity contribution in [1.82, 2.24) is 15.3 Å². The zero-order valence-electron chi connectivity index (χ0n) is 11.9. The molecule has 4 rings (SSSR count). The molecular formula is C15H23N5. The van der Waals surface area contributed by atoms with Crippen molar-refractivity contribution in [3.63, 3.8) is 0 Å². The number of nitrogen functional groups attached to an aromatic ring is 1. The second-order valence-electron chi connectivity index (χ2n) is 6.59. The van der Waals surface area contributed by atoms with Crippen molar-refractivity contribution in [2.45, 2.75) is 38.1 Å². The molecule has 0 bridgehead atoms. The van der Waals surface area contributed by atoms with E-state index in [4.69, 9.17) is 5.73 Å². The highest BCUT2D eigenvalue weighted by Gasteiger charge is 2.35. The van der Waals surface area contributed by atoms with Crippen molar-refractivity contribution in [1.29, 1.82) is 0 Å². The van der Waals surface area contributed by atoms with Gasteiger partial charge in [0.15, 0.2) is 0 Å². The zero-order valence-corrected chi connectivity index (χ0v) is 11.9. The van der Waals surface area contributed by atoms with Crippen molar-refractivity contribution >= 4 is 11.8 Å². The van der Waals surface area contributed by atoms with Crippen LogP contribution in [0.3, 0.4) is 0 Å². The number of nitrogens with one attached hydrogen (secondary N) is 1. The van der Waals surface area contributed by atoms with Gasteiger partial charge in [0, 0.05) is 30.9 Å². The highest BCUT2D eigenvalue weighted by molar-refractivity contribution is 5.45. The first kappa shape index (κ1) is 12.4. The second kappa shape index (κ2) is 4.88. The van der Waals surface area contributed by atoms with Gasteiger partial charge < -0.3 is 16.0 Å². The van der Waals surface area contributed by atoms with E-state index in [0.29, 0.717) is 12.0 Å². The van der Waals surface area contributed by atoms with E-state index in [9.17, 15) is 0 Å². The van der Waals surface area contributed by atoms with Crippen LogP contribution in [-0.2, 0) is 6.42 Å². The van der Waals surface area contributed by atoms with Gasteiger partial charge in [0.25, 0.3) is 0 Å². The van der Waals surface area contributed by atoms with E-state index in [1.165, 1.54) is 25.7 Å². The summed E-state index contributed by atoms with van der Waals surface area (Å²) in [6.07, 6.45) is 6.39. The predicted octanol–water partition coefficient (Wildman–Crippen LogP) is 1.20. The van der Waals surface area contributed by atoms with E-state index >= 15 is 0 Å². The molecule has 5 heteroatoms. The molecule has 3 fully saturated rings. The minimum atomic E-state index is 0.431. The molecule has 2 atom stereocenters. The van der Waals surface area contributed by atoms with Crippen molar-refractivity contribution in [2.24, 2.45) is 11.8 Å². The monoisotopic (exact) mass is 273 g/mol. The number of aromatic nitrogens is 2. The summed E-state index contributed by atoms with van der Waals surface area (Å²) in [5.41, 5.74) is 7.03. The average molecular weight is 273 g/mol. The number of nitrogens with zero attached hydrogens (tertiary/aromatic N) is 3. The lowest BCUT2D eigenvalue weighted by Gasteiger charge is -2.24. The third-order valence-corrected chi connectivity index (χ3v) is 4.90. The molecule has 1 aromatic rings. The Kier molecular flexibility index (Phi) is 3.02. The predicted molar refractivity (Wildman–Crippen MR) is 79.6 cm³/mol. The van der Waals surface area contributed by atoms with Gasteiger partial charge in [-0.25, -0.2) is 4.98 Å². The van der Waals surface area contributed by atoms with Crippen molar-refractivity contribution in [3.05, 3.63) is 11.8 Å². The fourth-order valence-electron chi connectivity index (χ4n) is 3.62. The first-order chi connectivity index (χ1) is 9.78. The molecule has 3 heterocycles. The molecule has 1 aliphatic carbocycles. The molecular weight excluding hydrogens is 250 g/mol. The Morgan fingerprint density at radius 3 is 2.95 bits per heavy atom. The molecule has 3 N–H and O–H groups in total. The standard InChI is InChI=1S/C15H23N5/c16-15-18-12(6-10-3-4-10)7-14(19-15)20-8-11-2-1-5-17-13(11)9-20/h7,10-11,13,17H,1-6,8-9H2,(H2,16,18,19)/t11-,13+/m1/s1. The Morgan fingerprint density at radius 1 is 1.25 bits per heavy atom. The number of nitrogens with two attached hydrogens (primary N) is 1. The highest BCUT2D eigenvalue weighted by Crippen LogP contribution is 2.33. The Hall–Kier alpha value is -1.36. The van der Waals surface area contributed by atoms with Gasteiger partial charge in [-0.3, -0.25) is 0 Å². The molecule has 5 nitrogen and oxygen atoms in total. The van der Waals surface area contributed by atoms with Gasteiger partial charge in [0.05, 0.1) is 0 Å². The quantitative estimate of drug-likeness (QED) is 0.866. The fourth-order valence-corrected chi connectivity index (χ4v) is 3.62. The number of anilines is 2. The molecule has 1 saturated carbocycles. The molecule has 0 amide bonds. The maximum atomic E-state index is 5.91. The van der Waals surface area contributed by atoms with Gasteiger partial charge in [0.2, 0.25) is 5.95 Å². The van der Waals surface area contributed by atoms with Crippen molar-refractivity contribution < 1.29 is 0 Å². The summed E-state index contributed by atoms with van der Waals surface area (Å²) in [6, 6.07) is 2.79. The average Bonchev–Trinajstić information content (AvgIpc) is 3.13. The second-order valence-corrected chi connectivity index (χ2v) is 6.59. The Morgan fingerprint density at radius 2 is 2.15 bits per heavy atom. The van der Waals surface area contributed by atoms with Crippen LogP contribution in [0.1, 0.15) is 31.4 Å². The number of rotatable bonds is 3. The molecule has 0 aromatic carbocycles. The lowest BCUT2D eigenvalue weighted by Crippen LogP contribution is -2.40. The topological polar surface area (TPSA) is 67.1 Å². The lowest BCUT2D eigenvalue weighted by atomic mass is 9.94. The molecule has 1 aromatic heterocycles. The molecule has 0 radical (unpaired) electrons. The van der Waals surface area contributed by atoms with Crippen molar-refractivity contribution in [2.75, 3.05) is 30.3 Å². The summed E-state index contributed by atoms with van der Waals surface area (Å²) in [7, 11) is 0. The minimum absolute atomic E-state index is 0.431. The zero-order chi connectivity index (χ0) is 13.5. The van der Waals surface area contributed by atoms with Gasteiger partial charge in [-0.15, -0.1) is 0 Å². The van der Waals surface area contributed by atoms with Crippen LogP contribution in [-0.4, -0.2) is 35.6 Å². The third-order valence-electron chi connectivity index (χ3n) is 4.90. The van der Waals surface area contributed by atoms with Crippen LogP contribution in [0.15, 0.2) is 6.07 Å². The Balaban J connectivity index is 1.53. The summed E-state index contributed by atoms with van der Waals surface area (Å²) < 4.78 is 0. The molecule has 2 saturated heterocycles. The van der Waals surface area contributed by atoms with E-state index in [-0.39, 0.29) is 0 Å². The maximum Gasteiger partial charge on any atom is 0.222 e. The minimum Gasteiger partial charge on any atom is -0.368 e. The van der Waals surface area contributed by atoms with Crippen LogP contribution in [0.25, 0.3) is 0 Å². The van der Waals surface area contributed by atoms with E-state index in [0.717, 1.165) is 49.4 Å². The van der Waals surface area contributed by atoms with Gasteiger partial charge in [-0.1, -0.05) is 0 Å². The largest absolute Gasteiger partial charge is 0.368 e. The molecule has 108 valence electrons. The van der Waals surface area contributed by atoms with Gasteiger partial charge in [-0.2, -0.15) is 4.98 Å². The molecule has 2 aliphatic heterocycles. The number of fused-ring (bicyclic) bond motifs is 1. The molecule has 0 unspecified atom stereocenters. The summed E-state index contributed by atoms with van der Waals surface area (Å²) in [4.78, 5) is 11.3. The molecule has 0 spiro atoms. The fraction of sp³-hybridized carbons (Fsp3) is 0.733. The van der Waals surface area contributed by atoms with Crippen LogP contribution < -0.4 is 16.0 Å². The van der Waals surface area contributed by atoms with Crippen molar-refractivity contribution in [3.8, 4) is 0 Å². The number of hydrogen-bond donors (Lipinski definition) is 2. The first-order valence-electron chi connectivity index (χ1n) is 7.90. The normalized spacial score (nSPS) is 29.5. The van der Waals surface area contributed by atoms with Crippen LogP contribution in [0.4, 0.5) is 11.8 Å². The van der Waals surface area contributed by atoms with Crippen LogP contribution in [0, 0.1) is 11.8 Å². The smallest absolute Gasteiger partial charge is 0.222 e. The highest BCUT2D eigenvalue weighted by atomic mass is 15.3. The summed E-state index contributed by atoms with van der Waals surface area (Å²) in [6.45, 7) is 3.33. The maximum absolute atomic E-state index is 5.91. The van der Waals surface area contributed by atoms with Crippen LogP contribution >= 0.6 is 0 Å². The van der Waals surface area contributed by atoms with Gasteiger partial charge >= 0.3 is 0 Å². The SMILES string of the molecule is Nc1nc(CC2CC2)cc(N2C[C@H]3CCCN[C@H]3C2)n1. The summed E-state index contributed by atoms with van der Waals surface area (Å²) >= 11 is 0. The summed E-state index contributed by atoms with van der Waals surface area (Å²) in [5.74, 6) is 3.07. The van der Waals surface area contributed by atoms with Gasteiger partial charge in [0.1, 0.15) is 5.82 Å².